The number of ketones is 1. The molecule has 6 heteroatoms. The van der Waals surface area contributed by atoms with Crippen molar-refractivity contribution in [3.63, 3.8) is 0 Å². The van der Waals surface area contributed by atoms with E-state index in [1.54, 1.807) is 48.4 Å². The number of fused-ring (bicyclic) bond motifs is 1. The molecule has 0 spiro atoms. The van der Waals surface area contributed by atoms with Gasteiger partial charge in [-0.1, -0.05) is 56.5 Å². The van der Waals surface area contributed by atoms with Crippen molar-refractivity contribution < 1.29 is 18.7 Å². The standard InChI is InChI=1S/C31H33FN2O3/c1-3-4-5-6-11-29(35)31(22-12-14-24(32)15-13-22)34(25-16-18-26(37-2)19-17-25)30(36)20-23-21-33-28-10-8-7-9-27(23)28/h7-10,12-19,21,31,33H,3-6,11,20H2,1-2H3. The molecule has 0 fully saturated rings. The summed E-state index contributed by atoms with van der Waals surface area (Å²) in [6, 6.07) is 19.9. The van der Waals surface area contributed by atoms with Gasteiger partial charge in [0.15, 0.2) is 5.78 Å². The van der Waals surface area contributed by atoms with Crippen molar-refractivity contribution in [2.45, 2.75) is 51.5 Å². The van der Waals surface area contributed by atoms with E-state index >= 15 is 0 Å². The van der Waals surface area contributed by atoms with Gasteiger partial charge >= 0.3 is 0 Å². The van der Waals surface area contributed by atoms with Crippen LogP contribution in [0.15, 0.2) is 79.0 Å². The fourth-order valence-electron chi connectivity index (χ4n) is 4.69. The molecule has 4 rings (SSSR count). The van der Waals surface area contributed by atoms with Crippen LogP contribution in [0.2, 0.25) is 0 Å². The molecule has 192 valence electrons. The summed E-state index contributed by atoms with van der Waals surface area (Å²) in [4.78, 5) is 32.5. The van der Waals surface area contributed by atoms with Crippen LogP contribution < -0.4 is 9.64 Å². The molecular formula is C31H33FN2O3. The normalized spacial score (nSPS) is 11.9. The van der Waals surface area contributed by atoms with E-state index in [9.17, 15) is 14.0 Å². The van der Waals surface area contributed by atoms with Gasteiger partial charge in [0.05, 0.1) is 13.5 Å². The highest BCUT2D eigenvalue weighted by molar-refractivity contribution is 6.04. The molecule has 1 heterocycles. The number of para-hydroxylation sites is 1. The number of nitrogens with one attached hydrogen (secondary N) is 1. The average molecular weight is 501 g/mol. The molecule has 3 aromatic carbocycles. The summed E-state index contributed by atoms with van der Waals surface area (Å²) in [5, 5.41) is 0.967. The number of aromatic amines is 1. The lowest BCUT2D eigenvalue weighted by Gasteiger charge is -2.32. The van der Waals surface area contributed by atoms with Gasteiger partial charge in [0.25, 0.3) is 0 Å². The molecule has 1 amide bonds. The van der Waals surface area contributed by atoms with Gasteiger partial charge in [-0.25, -0.2) is 4.39 Å². The molecule has 0 radical (unpaired) electrons. The predicted octanol–water partition coefficient (Wildman–Crippen LogP) is 7.17. The lowest BCUT2D eigenvalue weighted by molar-refractivity contribution is -0.125. The van der Waals surface area contributed by atoms with Gasteiger partial charge in [0.2, 0.25) is 5.91 Å². The molecule has 1 N–H and O–H groups in total. The summed E-state index contributed by atoms with van der Waals surface area (Å²) in [6.45, 7) is 2.12. The molecule has 0 saturated carbocycles. The Morgan fingerprint density at radius 3 is 2.38 bits per heavy atom. The first-order valence-corrected chi connectivity index (χ1v) is 12.8. The Morgan fingerprint density at radius 2 is 1.68 bits per heavy atom. The van der Waals surface area contributed by atoms with E-state index in [4.69, 9.17) is 4.74 Å². The Kier molecular flexibility index (Phi) is 8.72. The maximum absolute atomic E-state index is 14.0. The van der Waals surface area contributed by atoms with E-state index in [0.29, 0.717) is 23.4 Å². The van der Waals surface area contributed by atoms with Crippen LogP contribution in [0.3, 0.4) is 0 Å². The van der Waals surface area contributed by atoms with Crippen LogP contribution in [-0.4, -0.2) is 23.8 Å². The van der Waals surface area contributed by atoms with Crippen molar-refractivity contribution in [3.8, 4) is 5.75 Å². The maximum atomic E-state index is 14.0. The number of Topliss-reactive ketones (excluding diaryl/α,β-unsaturated/α-hetero) is 1. The fourth-order valence-corrected chi connectivity index (χ4v) is 4.69. The summed E-state index contributed by atoms with van der Waals surface area (Å²) in [5.74, 6) is -0.0204. The number of nitrogens with zero attached hydrogens (tertiary/aromatic N) is 1. The molecule has 0 saturated heterocycles. The lowest BCUT2D eigenvalue weighted by Crippen LogP contribution is -2.40. The van der Waals surface area contributed by atoms with Crippen molar-refractivity contribution in [3.05, 3.63) is 95.9 Å². The topological polar surface area (TPSA) is 62.4 Å². The zero-order chi connectivity index (χ0) is 26.2. The molecule has 5 nitrogen and oxygen atoms in total. The zero-order valence-corrected chi connectivity index (χ0v) is 21.4. The molecular weight excluding hydrogens is 467 g/mol. The van der Waals surface area contributed by atoms with Crippen molar-refractivity contribution in [2.24, 2.45) is 0 Å². The third-order valence-corrected chi connectivity index (χ3v) is 6.66. The first-order chi connectivity index (χ1) is 18.0. The highest BCUT2D eigenvalue weighted by Gasteiger charge is 2.32. The Morgan fingerprint density at radius 1 is 0.946 bits per heavy atom. The zero-order valence-electron chi connectivity index (χ0n) is 21.4. The number of hydrogen-bond acceptors (Lipinski definition) is 3. The van der Waals surface area contributed by atoms with Crippen LogP contribution in [0.25, 0.3) is 10.9 Å². The second-order valence-corrected chi connectivity index (χ2v) is 9.23. The Balaban J connectivity index is 1.74. The minimum Gasteiger partial charge on any atom is -0.497 e. The number of ether oxygens (including phenoxy) is 1. The second-order valence-electron chi connectivity index (χ2n) is 9.23. The molecule has 0 aliphatic rings. The molecule has 0 aliphatic heterocycles. The molecule has 4 aromatic rings. The van der Waals surface area contributed by atoms with Gasteiger partial charge in [-0.3, -0.25) is 14.5 Å². The van der Waals surface area contributed by atoms with E-state index in [1.165, 1.54) is 12.1 Å². The van der Waals surface area contributed by atoms with Crippen LogP contribution in [0.1, 0.15) is 56.2 Å². The highest BCUT2D eigenvalue weighted by Crippen LogP contribution is 2.32. The number of H-pyrrole nitrogens is 1. The highest BCUT2D eigenvalue weighted by atomic mass is 19.1. The fraction of sp³-hybridized carbons (Fsp3) is 0.290. The number of carbonyl (C=O) groups excluding carboxylic acids is 2. The third kappa shape index (κ3) is 6.26. The van der Waals surface area contributed by atoms with Gasteiger partial charge in [-0.15, -0.1) is 0 Å². The van der Waals surface area contributed by atoms with E-state index in [2.05, 4.69) is 11.9 Å². The monoisotopic (exact) mass is 500 g/mol. The van der Waals surface area contributed by atoms with Crippen LogP contribution in [-0.2, 0) is 16.0 Å². The van der Waals surface area contributed by atoms with Crippen LogP contribution in [0.4, 0.5) is 10.1 Å². The number of benzene rings is 3. The van der Waals surface area contributed by atoms with Crippen LogP contribution >= 0.6 is 0 Å². The van der Waals surface area contributed by atoms with Gasteiger partial charge in [-0.05, 0) is 60.0 Å². The molecule has 1 atom stereocenters. The molecule has 1 unspecified atom stereocenters. The smallest absolute Gasteiger partial charge is 0.232 e. The number of methoxy groups -OCH3 is 1. The van der Waals surface area contributed by atoms with Crippen molar-refractivity contribution >= 4 is 28.3 Å². The summed E-state index contributed by atoms with van der Waals surface area (Å²) in [5.41, 5.74) is 2.97. The largest absolute Gasteiger partial charge is 0.497 e. The van der Waals surface area contributed by atoms with Crippen LogP contribution in [0, 0.1) is 5.82 Å². The molecule has 0 bridgehead atoms. The molecule has 0 aliphatic carbocycles. The SMILES string of the molecule is CCCCCCC(=O)C(c1ccc(F)cc1)N(C(=O)Cc1c[nH]c2ccccc12)c1ccc(OC)cc1. The second kappa shape index (κ2) is 12.3. The number of hydrogen-bond donors (Lipinski definition) is 1. The first-order valence-electron chi connectivity index (χ1n) is 12.8. The quantitative estimate of drug-likeness (QED) is 0.210. The van der Waals surface area contributed by atoms with Crippen molar-refractivity contribution in [2.75, 3.05) is 12.0 Å². The summed E-state index contributed by atoms with van der Waals surface area (Å²) in [6.07, 6.45) is 6.11. The van der Waals surface area contributed by atoms with Crippen molar-refractivity contribution in [1.29, 1.82) is 0 Å². The number of anilines is 1. The minimum absolute atomic E-state index is 0.0641. The van der Waals surface area contributed by atoms with E-state index in [0.717, 1.165) is 42.1 Å². The summed E-state index contributed by atoms with van der Waals surface area (Å²) >= 11 is 0. The van der Waals surface area contributed by atoms with Gasteiger partial charge < -0.3 is 9.72 Å². The summed E-state index contributed by atoms with van der Waals surface area (Å²) in [7, 11) is 1.58. The Bertz CT molecular complexity index is 1330. The van der Waals surface area contributed by atoms with E-state index < -0.39 is 6.04 Å². The number of rotatable bonds is 12. The number of unbranched alkanes of at least 4 members (excludes halogenated alkanes) is 3. The Hall–Kier alpha value is -3.93. The molecule has 37 heavy (non-hydrogen) atoms. The molecule has 1 aromatic heterocycles. The average Bonchev–Trinajstić information content (AvgIpc) is 3.33. The maximum Gasteiger partial charge on any atom is 0.232 e. The number of halogens is 1. The number of amides is 1. The van der Waals surface area contributed by atoms with Gasteiger partial charge in [0.1, 0.15) is 17.6 Å². The first kappa shape index (κ1) is 26.1. The predicted molar refractivity (Wildman–Crippen MR) is 145 cm³/mol. The third-order valence-electron chi connectivity index (χ3n) is 6.66. The van der Waals surface area contributed by atoms with Gasteiger partial charge in [-0.2, -0.15) is 0 Å². The van der Waals surface area contributed by atoms with Crippen LogP contribution in [0.5, 0.6) is 5.75 Å². The van der Waals surface area contributed by atoms with E-state index in [-0.39, 0.29) is 23.9 Å². The number of aromatic nitrogens is 1. The lowest BCUT2D eigenvalue weighted by atomic mass is 9.95. The Labute approximate surface area is 217 Å². The number of carbonyl (C=O) groups is 2. The summed E-state index contributed by atoms with van der Waals surface area (Å²) < 4.78 is 19.1. The van der Waals surface area contributed by atoms with Crippen molar-refractivity contribution in [1.82, 2.24) is 4.98 Å². The minimum atomic E-state index is -0.867. The van der Waals surface area contributed by atoms with Gasteiger partial charge in [0, 0.05) is 29.2 Å². The van der Waals surface area contributed by atoms with E-state index in [1.807, 2.05) is 30.5 Å².